The number of hydrogen-bond donors (Lipinski definition) is 1. The van der Waals surface area contributed by atoms with Crippen LogP contribution in [0.1, 0.15) is 58.3 Å². The number of benzene rings is 1. The Morgan fingerprint density at radius 2 is 1.93 bits per heavy atom. The highest BCUT2D eigenvalue weighted by Gasteiger charge is 2.36. The van der Waals surface area contributed by atoms with Crippen LogP contribution in [0.15, 0.2) is 30.3 Å². The zero-order valence-electron chi connectivity index (χ0n) is 17.4. The van der Waals surface area contributed by atoms with E-state index in [0.717, 1.165) is 31.4 Å². The van der Waals surface area contributed by atoms with Crippen molar-refractivity contribution in [3.8, 4) is 0 Å². The number of nitrogens with zero attached hydrogens (tertiary/aromatic N) is 2. The zero-order chi connectivity index (χ0) is 19.6. The van der Waals surface area contributed by atoms with E-state index in [4.69, 9.17) is 4.74 Å². The Hall–Kier alpha value is -1.59. The van der Waals surface area contributed by atoms with Gasteiger partial charge in [-0.2, -0.15) is 0 Å². The second-order valence-corrected chi connectivity index (χ2v) is 8.25. The third kappa shape index (κ3) is 6.49. The fourth-order valence-corrected chi connectivity index (χ4v) is 4.66. The summed E-state index contributed by atoms with van der Waals surface area (Å²) in [5.41, 5.74) is 0.771. The molecule has 0 radical (unpaired) electrons. The molecule has 1 amide bonds. The van der Waals surface area contributed by atoms with Crippen LogP contribution in [0.4, 0.5) is 10.5 Å². The fourth-order valence-electron chi connectivity index (χ4n) is 4.66. The van der Waals surface area contributed by atoms with Gasteiger partial charge in [-0.25, -0.2) is 4.79 Å². The minimum atomic E-state index is -0.367. The quantitative estimate of drug-likeness (QED) is 0.589. The predicted octanol–water partition coefficient (Wildman–Crippen LogP) is 4.74. The standard InChI is InChI=1S/C23H37N3O2/c1-2-3-4-5-9-12-21-13-14-22-19-25(15-16-26(21)22)17-18-28-23(27)24-20-10-7-6-8-11-20/h6-8,10-11,21-22H,2-5,9,12-19H2,1H3,(H,24,27). The Labute approximate surface area is 170 Å². The lowest BCUT2D eigenvalue weighted by Crippen LogP contribution is -2.53. The molecular formula is C23H37N3O2. The summed E-state index contributed by atoms with van der Waals surface area (Å²) in [7, 11) is 0. The first-order valence-electron chi connectivity index (χ1n) is 11.2. The largest absolute Gasteiger partial charge is 0.448 e. The third-order valence-corrected chi connectivity index (χ3v) is 6.22. The minimum absolute atomic E-state index is 0.367. The molecule has 2 aliphatic heterocycles. The third-order valence-electron chi connectivity index (χ3n) is 6.22. The second-order valence-electron chi connectivity index (χ2n) is 8.25. The molecule has 2 saturated heterocycles. The number of anilines is 1. The van der Waals surface area contributed by atoms with Gasteiger partial charge in [0, 0.05) is 44.0 Å². The molecule has 2 unspecified atom stereocenters. The number of piperazine rings is 1. The van der Waals surface area contributed by atoms with Gasteiger partial charge in [-0.15, -0.1) is 0 Å². The van der Waals surface area contributed by atoms with E-state index < -0.39 is 0 Å². The first kappa shape index (κ1) is 21.1. The molecule has 0 bridgehead atoms. The zero-order valence-corrected chi connectivity index (χ0v) is 17.4. The van der Waals surface area contributed by atoms with Crippen LogP contribution in [-0.2, 0) is 4.74 Å². The van der Waals surface area contributed by atoms with Crippen molar-refractivity contribution < 1.29 is 9.53 Å². The molecule has 156 valence electrons. The number of fused-ring (bicyclic) bond motifs is 1. The van der Waals surface area contributed by atoms with Crippen LogP contribution >= 0.6 is 0 Å². The number of unbranched alkanes of at least 4 members (excludes halogenated alkanes) is 4. The summed E-state index contributed by atoms with van der Waals surface area (Å²) in [6.07, 6.45) is 10.6. The number of para-hydroxylation sites is 1. The highest BCUT2D eigenvalue weighted by Crippen LogP contribution is 2.30. The normalized spacial score (nSPS) is 22.8. The van der Waals surface area contributed by atoms with E-state index >= 15 is 0 Å². The highest BCUT2D eigenvalue weighted by atomic mass is 16.5. The van der Waals surface area contributed by atoms with Crippen molar-refractivity contribution in [2.45, 2.75) is 70.4 Å². The van der Waals surface area contributed by atoms with Gasteiger partial charge in [0.1, 0.15) is 6.61 Å². The molecule has 1 aromatic rings. The molecule has 0 aliphatic carbocycles. The van der Waals surface area contributed by atoms with Crippen LogP contribution in [0.5, 0.6) is 0 Å². The molecule has 2 atom stereocenters. The average molecular weight is 388 g/mol. The highest BCUT2D eigenvalue weighted by molar-refractivity contribution is 5.84. The van der Waals surface area contributed by atoms with Gasteiger partial charge in [-0.1, -0.05) is 57.2 Å². The monoisotopic (exact) mass is 387 g/mol. The molecule has 2 heterocycles. The first-order chi connectivity index (χ1) is 13.8. The number of amides is 1. The van der Waals surface area contributed by atoms with Gasteiger partial charge in [0.2, 0.25) is 0 Å². The van der Waals surface area contributed by atoms with Crippen LogP contribution in [0.25, 0.3) is 0 Å². The van der Waals surface area contributed by atoms with E-state index in [1.165, 1.54) is 57.9 Å². The van der Waals surface area contributed by atoms with Gasteiger partial charge in [0.25, 0.3) is 0 Å². The summed E-state index contributed by atoms with van der Waals surface area (Å²) in [4.78, 5) is 17.1. The smallest absolute Gasteiger partial charge is 0.411 e. The Morgan fingerprint density at radius 1 is 1.11 bits per heavy atom. The minimum Gasteiger partial charge on any atom is -0.448 e. The molecule has 0 spiro atoms. The molecule has 1 N–H and O–H groups in total. The maximum Gasteiger partial charge on any atom is 0.411 e. The summed E-state index contributed by atoms with van der Waals surface area (Å²) in [5, 5.41) is 2.77. The topological polar surface area (TPSA) is 44.8 Å². The second kappa shape index (κ2) is 11.4. The number of ether oxygens (including phenoxy) is 1. The number of carbonyl (C=O) groups is 1. The number of hydrogen-bond acceptors (Lipinski definition) is 4. The molecule has 28 heavy (non-hydrogen) atoms. The summed E-state index contributed by atoms with van der Waals surface area (Å²) in [5.74, 6) is 0. The van der Waals surface area contributed by atoms with Crippen molar-refractivity contribution in [3.63, 3.8) is 0 Å². The molecule has 3 rings (SSSR count). The summed E-state index contributed by atoms with van der Waals surface area (Å²) >= 11 is 0. The van der Waals surface area contributed by atoms with Crippen LogP contribution < -0.4 is 5.32 Å². The van der Waals surface area contributed by atoms with Gasteiger partial charge < -0.3 is 4.74 Å². The van der Waals surface area contributed by atoms with Crippen molar-refractivity contribution in [2.24, 2.45) is 0 Å². The van der Waals surface area contributed by atoms with Crippen LogP contribution in [0, 0.1) is 0 Å². The maximum absolute atomic E-state index is 11.9. The van der Waals surface area contributed by atoms with Crippen molar-refractivity contribution in [3.05, 3.63) is 30.3 Å². The van der Waals surface area contributed by atoms with Crippen LogP contribution in [0.2, 0.25) is 0 Å². The lowest BCUT2D eigenvalue weighted by atomic mass is 10.0. The Balaban J connectivity index is 1.30. The van der Waals surface area contributed by atoms with Crippen molar-refractivity contribution in [1.82, 2.24) is 9.80 Å². The molecule has 0 saturated carbocycles. The lowest BCUT2D eigenvalue weighted by molar-refractivity contribution is 0.0608. The van der Waals surface area contributed by atoms with E-state index in [1.807, 2.05) is 30.3 Å². The van der Waals surface area contributed by atoms with E-state index in [2.05, 4.69) is 22.0 Å². The molecule has 5 heteroatoms. The van der Waals surface area contributed by atoms with E-state index in [-0.39, 0.29) is 6.09 Å². The number of carbonyl (C=O) groups excluding carboxylic acids is 1. The van der Waals surface area contributed by atoms with E-state index in [0.29, 0.717) is 12.6 Å². The molecule has 0 aromatic heterocycles. The van der Waals surface area contributed by atoms with Gasteiger partial charge >= 0.3 is 6.09 Å². The van der Waals surface area contributed by atoms with Gasteiger partial charge in [0.15, 0.2) is 0 Å². The van der Waals surface area contributed by atoms with Crippen molar-refractivity contribution in [1.29, 1.82) is 0 Å². The molecule has 5 nitrogen and oxygen atoms in total. The molecule has 1 aromatic carbocycles. The summed E-state index contributed by atoms with van der Waals surface area (Å²) < 4.78 is 5.36. The first-order valence-corrected chi connectivity index (χ1v) is 11.2. The van der Waals surface area contributed by atoms with Crippen LogP contribution in [-0.4, -0.2) is 60.8 Å². The van der Waals surface area contributed by atoms with Gasteiger partial charge in [-0.3, -0.25) is 15.1 Å². The molecule has 2 aliphatic rings. The lowest BCUT2D eigenvalue weighted by Gasteiger charge is -2.40. The average Bonchev–Trinajstić information content (AvgIpc) is 3.11. The summed E-state index contributed by atoms with van der Waals surface area (Å²) in [6.45, 7) is 6.94. The van der Waals surface area contributed by atoms with E-state index in [1.54, 1.807) is 0 Å². The van der Waals surface area contributed by atoms with Crippen LogP contribution in [0.3, 0.4) is 0 Å². The predicted molar refractivity (Wildman–Crippen MR) is 115 cm³/mol. The summed E-state index contributed by atoms with van der Waals surface area (Å²) in [6, 6.07) is 11.0. The van der Waals surface area contributed by atoms with Gasteiger partial charge in [0.05, 0.1) is 0 Å². The Morgan fingerprint density at radius 3 is 2.75 bits per heavy atom. The Bertz CT molecular complexity index is 580. The van der Waals surface area contributed by atoms with Gasteiger partial charge in [-0.05, 0) is 31.4 Å². The molecular weight excluding hydrogens is 350 g/mol. The van der Waals surface area contributed by atoms with Crippen molar-refractivity contribution in [2.75, 3.05) is 38.1 Å². The molecule has 2 fully saturated rings. The fraction of sp³-hybridized carbons (Fsp3) is 0.696. The maximum atomic E-state index is 11.9. The van der Waals surface area contributed by atoms with E-state index in [9.17, 15) is 4.79 Å². The van der Waals surface area contributed by atoms with Crippen molar-refractivity contribution >= 4 is 11.8 Å². The Kier molecular flexibility index (Phi) is 8.62. The number of rotatable bonds is 10. The number of nitrogens with one attached hydrogen (secondary N) is 1. The SMILES string of the molecule is CCCCCCCC1CCC2CN(CCOC(=O)Nc3ccccc3)CCN12.